The van der Waals surface area contributed by atoms with E-state index in [1.165, 1.54) is 12.0 Å². The molecule has 1 amide bonds. The van der Waals surface area contributed by atoms with Gasteiger partial charge in [-0.05, 0) is 69.9 Å². The van der Waals surface area contributed by atoms with Gasteiger partial charge in [-0.25, -0.2) is 9.59 Å². The summed E-state index contributed by atoms with van der Waals surface area (Å²) in [6.45, 7) is 10.0. The van der Waals surface area contributed by atoms with Crippen LogP contribution in [-0.2, 0) is 27.3 Å². The van der Waals surface area contributed by atoms with Crippen molar-refractivity contribution in [2.45, 2.75) is 59.3 Å². The first kappa shape index (κ1) is 21.7. The molecule has 2 heterocycles. The molecule has 1 atom stereocenters. The highest BCUT2D eigenvalue weighted by atomic mass is 16.6. The molecule has 0 N–H and O–H groups in total. The van der Waals surface area contributed by atoms with Crippen LogP contribution in [0.3, 0.4) is 0 Å². The Bertz CT molecular complexity index is 920. The minimum Gasteiger partial charge on any atom is -0.489 e. The van der Waals surface area contributed by atoms with Crippen LogP contribution in [-0.4, -0.2) is 36.2 Å². The van der Waals surface area contributed by atoms with Gasteiger partial charge in [-0.15, -0.1) is 0 Å². The second kappa shape index (κ2) is 8.42. The van der Waals surface area contributed by atoms with E-state index in [2.05, 4.69) is 0 Å². The summed E-state index contributed by atoms with van der Waals surface area (Å²) in [5, 5.41) is 0. The Morgan fingerprint density at radius 1 is 1.23 bits per heavy atom. The molecule has 1 aliphatic rings. The molecule has 0 saturated carbocycles. The van der Waals surface area contributed by atoms with Gasteiger partial charge in [0.05, 0.1) is 13.4 Å². The Labute approximate surface area is 176 Å². The van der Waals surface area contributed by atoms with E-state index in [9.17, 15) is 9.59 Å². The molecule has 0 saturated heterocycles. The minimum absolute atomic E-state index is 0.352. The number of carbonyl (C=O) groups is 2. The lowest BCUT2D eigenvalue weighted by atomic mass is 9.92. The lowest BCUT2D eigenvalue weighted by Crippen LogP contribution is -2.46. The summed E-state index contributed by atoms with van der Waals surface area (Å²) < 4.78 is 21.8. The summed E-state index contributed by atoms with van der Waals surface area (Å²) in [7, 11) is 1.32. The lowest BCUT2D eigenvalue weighted by Gasteiger charge is -2.36. The summed E-state index contributed by atoms with van der Waals surface area (Å²) in [5.41, 5.74) is 3.09. The number of esters is 1. The summed E-state index contributed by atoms with van der Waals surface area (Å²) in [6, 6.07) is 4.69. The summed E-state index contributed by atoms with van der Waals surface area (Å²) >= 11 is 0. The number of nitrogens with zero attached hydrogens (tertiary/aromatic N) is 1. The molecule has 7 heteroatoms. The Morgan fingerprint density at radius 2 is 1.97 bits per heavy atom. The van der Waals surface area contributed by atoms with E-state index < -0.39 is 23.7 Å². The number of fused-ring (bicyclic) bond motifs is 1. The molecule has 3 rings (SSSR count). The number of methoxy groups -OCH3 is 1. The van der Waals surface area contributed by atoms with E-state index in [4.69, 9.17) is 18.6 Å². The summed E-state index contributed by atoms with van der Waals surface area (Å²) in [4.78, 5) is 26.6. The lowest BCUT2D eigenvalue weighted by molar-refractivity contribution is -0.147. The molecule has 1 aliphatic heterocycles. The maximum Gasteiger partial charge on any atom is 0.411 e. The van der Waals surface area contributed by atoms with Crippen molar-refractivity contribution in [1.29, 1.82) is 0 Å². The first-order valence-electron chi connectivity index (χ1n) is 9.97. The quantitative estimate of drug-likeness (QED) is 0.685. The van der Waals surface area contributed by atoms with E-state index in [-0.39, 0.29) is 0 Å². The van der Waals surface area contributed by atoms with Crippen molar-refractivity contribution < 1.29 is 28.2 Å². The molecule has 162 valence electrons. The van der Waals surface area contributed by atoms with Crippen molar-refractivity contribution >= 4 is 12.1 Å². The molecule has 7 nitrogen and oxygen atoms in total. The molecule has 0 aliphatic carbocycles. The van der Waals surface area contributed by atoms with Crippen LogP contribution in [0, 0.1) is 13.8 Å². The van der Waals surface area contributed by atoms with Crippen molar-refractivity contribution in [2.24, 2.45) is 0 Å². The number of aryl methyl sites for hydroxylation is 2. The van der Waals surface area contributed by atoms with Gasteiger partial charge in [0.15, 0.2) is 6.04 Å². The van der Waals surface area contributed by atoms with Gasteiger partial charge in [0.25, 0.3) is 0 Å². The van der Waals surface area contributed by atoms with Gasteiger partial charge >= 0.3 is 12.1 Å². The van der Waals surface area contributed by atoms with Gasteiger partial charge in [0.2, 0.25) is 0 Å². The molecule has 1 aromatic carbocycles. The standard InChI is InChI=1S/C23H29NO6/c1-14-12-28-15(2)19(14)13-29-17-7-8-18-16(11-17)9-10-24(20(18)21(25)27-6)22(26)30-23(3,4)5/h7-8,11-12,20H,9-10,13H2,1-6H3/t20-/m1/s1. The number of benzene rings is 1. The second-order valence-corrected chi connectivity index (χ2v) is 8.45. The van der Waals surface area contributed by atoms with Crippen molar-refractivity contribution in [3.8, 4) is 5.75 Å². The third-order valence-corrected chi connectivity index (χ3v) is 5.09. The zero-order chi connectivity index (χ0) is 22.1. The van der Waals surface area contributed by atoms with Gasteiger partial charge in [-0.3, -0.25) is 4.90 Å². The molecule has 1 aromatic heterocycles. The Hall–Kier alpha value is -2.96. The van der Waals surface area contributed by atoms with Crippen molar-refractivity contribution in [3.05, 3.63) is 52.5 Å². The normalized spacial score (nSPS) is 16.1. The van der Waals surface area contributed by atoms with Crippen LogP contribution >= 0.6 is 0 Å². The van der Waals surface area contributed by atoms with Crippen LogP contribution < -0.4 is 4.74 Å². The summed E-state index contributed by atoms with van der Waals surface area (Å²) in [5.74, 6) is 1.03. The fourth-order valence-corrected chi connectivity index (χ4v) is 3.54. The zero-order valence-corrected chi connectivity index (χ0v) is 18.4. The molecule has 2 aromatic rings. The van der Waals surface area contributed by atoms with Crippen molar-refractivity contribution in [2.75, 3.05) is 13.7 Å². The van der Waals surface area contributed by atoms with E-state index >= 15 is 0 Å². The maximum absolute atomic E-state index is 12.7. The van der Waals surface area contributed by atoms with Gasteiger partial charge in [-0.2, -0.15) is 0 Å². The zero-order valence-electron chi connectivity index (χ0n) is 18.4. The maximum atomic E-state index is 12.7. The number of furan rings is 1. The minimum atomic E-state index is -0.846. The molecule has 30 heavy (non-hydrogen) atoms. The number of hydrogen-bond acceptors (Lipinski definition) is 6. The molecule has 0 radical (unpaired) electrons. The van der Waals surface area contributed by atoms with Crippen LogP contribution in [0.4, 0.5) is 4.79 Å². The van der Waals surface area contributed by atoms with Crippen LogP contribution in [0.5, 0.6) is 5.75 Å². The second-order valence-electron chi connectivity index (χ2n) is 8.45. The molecule has 0 unspecified atom stereocenters. The van der Waals surface area contributed by atoms with Gasteiger partial charge in [0, 0.05) is 12.1 Å². The highest BCUT2D eigenvalue weighted by molar-refractivity contribution is 5.84. The van der Waals surface area contributed by atoms with Crippen LogP contribution in [0.15, 0.2) is 28.9 Å². The van der Waals surface area contributed by atoms with Gasteiger partial charge < -0.3 is 18.6 Å². The van der Waals surface area contributed by atoms with E-state index in [0.29, 0.717) is 25.3 Å². The fourth-order valence-electron chi connectivity index (χ4n) is 3.54. The highest BCUT2D eigenvalue weighted by Crippen LogP contribution is 2.34. The van der Waals surface area contributed by atoms with Crippen LogP contribution in [0.2, 0.25) is 0 Å². The molecular formula is C23H29NO6. The Balaban J connectivity index is 1.83. The van der Waals surface area contributed by atoms with Crippen molar-refractivity contribution in [3.63, 3.8) is 0 Å². The number of ether oxygens (including phenoxy) is 3. The SMILES string of the molecule is COC(=O)[C@H]1c2ccc(OCc3c(C)coc3C)cc2CCN1C(=O)OC(C)(C)C. The number of rotatable bonds is 4. The van der Waals surface area contributed by atoms with Crippen LogP contribution in [0.25, 0.3) is 0 Å². The molecule has 0 spiro atoms. The van der Waals surface area contributed by atoms with Crippen molar-refractivity contribution in [1.82, 2.24) is 4.90 Å². The van der Waals surface area contributed by atoms with Crippen LogP contribution in [0.1, 0.15) is 54.8 Å². The predicted molar refractivity (Wildman–Crippen MR) is 110 cm³/mol. The number of amides is 1. The Morgan fingerprint density at radius 3 is 2.57 bits per heavy atom. The number of carbonyl (C=O) groups excluding carboxylic acids is 2. The van der Waals surface area contributed by atoms with E-state index in [1.54, 1.807) is 33.1 Å². The third kappa shape index (κ3) is 4.61. The van der Waals surface area contributed by atoms with Gasteiger partial charge in [0.1, 0.15) is 23.7 Å². The fraction of sp³-hybridized carbons (Fsp3) is 0.478. The Kier molecular flexibility index (Phi) is 6.10. The number of hydrogen-bond donors (Lipinski definition) is 0. The van der Waals surface area contributed by atoms with Gasteiger partial charge in [-0.1, -0.05) is 6.07 Å². The average molecular weight is 415 g/mol. The first-order valence-corrected chi connectivity index (χ1v) is 9.97. The molecular weight excluding hydrogens is 386 g/mol. The summed E-state index contributed by atoms with van der Waals surface area (Å²) in [6.07, 6.45) is 1.77. The molecule has 0 fully saturated rings. The van der Waals surface area contributed by atoms with E-state index in [0.717, 1.165) is 28.0 Å². The topological polar surface area (TPSA) is 78.2 Å². The average Bonchev–Trinajstić information content (AvgIpc) is 3.00. The monoisotopic (exact) mass is 415 g/mol. The van der Waals surface area contributed by atoms with E-state index in [1.807, 2.05) is 26.0 Å². The first-order chi connectivity index (χ1) is 14.1. The largest absolute Gasteiger partial charge is 0.489 e. The third-order valence-electron chi connectivity index (χ3n) is 5.09. The molecule has 0 bridgehead atoms. The highest BCUT2D eigenvalue weighted by Gasteiger charge is 2.39. The smallest absolute Gasteiger partial charge is 0.411 e. The predicted octanol–water partition coefficient (Wildman–Crippen LogP) is 4.48.